The molecule has 0 saturated heterocycles. The zero-order valence-electron chi connectivity index (χ0n) is 11.7. The topological polar surface area (TPSA) is 59.4 Å². The summed E-state index contributed by atoms with van der Waals surface area (Å²) < 4.78 is 0. The Balaban J connectivity index is 4.11. The van der Waals surface area contributed by atoms with Crippen molar-refractivity contribution in [2.45, 2.75) is 33.2 Å². The lowest BCUT2D eigenvalue weighted by Gasteiger charge is -2.24. The molecular weight excluding hydrogens is 216 g/mol. The largest absolute Gasteiger partial charge is 0.354 e. The van der Waals surface area contributed by atoms with E-state index in [4.69, 9.17) is 5.41 Å². The van der Waals surface area contributed by atoms with Crippen LogP contribution in [0.1, 0.15) is 27.2 Å². The summed E-state index contributed by atoms with van der Waals surface area (Å²) in [5, 5.41) is 10.9. The summed E-state index contributed by atoms with van der Waals surface area (Å²) in [5.41, 5.74) is 0. The number of carbonyl (C=O) groups is 1. The molecule has 17 heavy (non-hydrogen) atoms. The van der Waals surface area contributed by atoms with Crippen LogP contribution in [0, 0.1) is 11.3 Å². The van der Waals surface area contributed by atoms with Crippen molar-refractivity contribution in [2.75, 3.05) is 27.2 Å². The Bertz CT molecular complexity index is 241. The summed E-state index contributed by atoms with van der Waals surface area (Å²) in [7, 11) is 3.89. The van der Waals surface area contributed by atoms with E-state index in [0.29, 0.717) is 18.9 Å². The van der Waals surface area contributed by atoms with Crippen molar-refractivity contribution in [3.8, 4) is 0 Å². The second-order valence-electron chi connectivity index (χ2n) is 5.13. The Labute approximate surface area is 105 Å². The van der Waals surface area contributed by atoms with Gasteiger partial charge in [-0.15, -0.1) is 0 Å². The lowest BCUT2D eigenvalue weighted by atomic mass is 10.1. The fourth-order valence-corrected chi connectivity index (χ4v) is 1.61. The van der Waals surface area contributed by atoms with Gasteiger partial charge in [-0.25, -0.2) is 0 Å². The van der Waals surface area contributed by atoms with Crippen LogP contribution in [-0.4, -0.2) is 55.4 Å². The summed E-state index contributed by atoms with van der Waals surface area (Å²) in [5.74, 6) is 0.770. The quantitative estimate of drug-likeness (QED) is 0.397. The lowest BCUT2D eigenvalue weighted by Crippen LogP contribution is -2.46. The molecule has 1 atom stereocenters. The fraction of sp³-hybridized carbons (Fsp3) is 0.833. The summed E-state index contributed by atoms with van der Waals surface area (Å²) >= 11 is 0. The van der Waals surface area contributed by atoms with Crippen molar-refractivity contribution < 1.29 is 4.79 Å². The molecule has 0 aromatic carbocycles. The number of rotatable bonds is 7. The molecule has 0 spiro atoms. The minimum Gasteiger partial charge on any atom is -0.354 e. The van der Waals surface area contributed by atoms with Crippen LogP contribution in [0.2, 0.25) is 0 Å². The van der Waals surface area contributed by atoms with Crippen molar-refractivity contribution >= 4 is 12.4 Å². The van der Waals surface area contributed by atoms with Gasteiger partial charge in [-0.3, -0.25) is 15.1 Å². The third kappa shape index (κ3) is 7.74. The standard InChI is InChI=1S/C12H26N4O/c1-10(2)8-11(3)14-12(13)16(9-17)7-6-15(4)5/h9-11H,6-8H2,1-5H3,(H2,13,14). The number of nitrogens with one attached hydrogen (secondary N) is 2. The van der Waals surface area contributed by atoms with Crippen molar-refractivity contribution in [1.29, 1.82) is 5.41 Å². The van der Waals surface area contributed by atoms with Gasteiger partial charge in [-0.05, 0) is 33.4 Å². The zero-order valence-corrected chi connectivity index (χ0v) is 11.7. The van der Waals surface area contributed by atoms with Gasteiger partial charge in [-0.1, -0.05) is 13.8 Å². The second kappa shape index (κ2) is 8.06. The number of hydrogen-bond acceptors (Lipinski definition) is 3. The van der Waals surface area contributed by atoms with E-state index in [2.05, 4.69) is 19.2 Å². The van der Waals surface area contributed by atoms with Gasteiger partial charge < -0.3 is 10.2 Å². The number of hydrogen-bond donors (Lipinski definition) is 2. The highest BCUT2D eigenvalue weighted by Gasteiger charge is 2.12. The molecule has 0 aromatic heterocycles. The van der Waals surface area contributed by atoms with Crippen molar-refractivity contribution in [1.82, 2.24) is 15.1 Å². The maximum absolute atomic E-state index is 10.9. The smallest absolute Gasteiger partial charge is 0.216 e. The van der Waals surface area contributed by atoms with E-state index in [1.54, 1.807) is 0 Å². The first-order valence-corrected chi connectivity index (χ1v) is 6.08. The van der Waals surface area contributed by atoms with E-state index >= 15 is 0 Å². The number of likely N-dealkylation sites (N-methyl/N-ethyl adjacent to an activating group) is 1. The Morgan fingerprint density at radius 1 is 1.29 bits per heavy atom. The molecule has 1 amide bonds. The molecule has 0 saturated carbocycles. The van der Waals surface area contributed by atoms with Gasteiger partial charge in [0.05, 0.1) is 0 Å². The van der Waals surface area contributed by atoms with Crippen LogP contribution in [0.15, 0.2) is 0 Å². The van der Waals surface area contributed by atoms with Gasteiger partial charge in [0.1, 0.15) is 0 Å². The van der Waals surface area contributed by atoms with Gasteiger partial charge in [0, 0.05) is 19.1 Å². The minimum atomic E-state index is 0.190. The summed E-state index contributed by atoms with van der Waals surface area (Å²) in [6.45, 7) is 7.61. The molecule has 0 aromatic rings. The molecule has 0 aliphatic rings. The van der Waals surface area contributed by atoms with Crippen LogP contribution in [0.4, 0.5) is 0 Å². The predicted molar refractivity (Wildman–Crippen MR) is 71.1 cm³/mol. The maximum Gasteiger partial charge on any atom is 0.216 e. The average molecular weight is 242 g/mol. The Morgan fingerprint density at radius 3 is 2.29 bits per heavy atom. The van der Waals surface area contributed by atoms with Gasteiger partial charge in [0.2, 0.25) is 6.41 Å². The van der Waals surface area contributed by atoms with Crippen LogP contribution in [0.5, 0.6) is 0 Å². The van der Waals surface area contributed by atoms with Crippen molar-refractivity contribution in [3.63, 3.8) is 0 Å². The van der Waals surface area contributed by atoms with Crippen LogP contribution in [0.25, 0.3) is 0 Å². The molecule has 100 valence electrons. The number of amides is 1. The molecule has 0 rings (SSSR count). The first kappa shape index (κ1) is 15.9. The normalized spacial score (nSPS) is 12.6. The predicted octanol–water partition coefficient (Wildman–Crippen LogP) is 0.965. The Hall–Kier alpha value is -1.10. The Morgan fingerprint density at radius 2 is 1.88 bits per heavy atom. The highest BCUT2D eigenvalue weighted by molar-refractivity contribution is 5.86. The first-order chi connectivity index (χ1) is 7.86. The van der Waals surface area contributed by atoms with E-state index in [9.17, 15) is 4.79 Å². The molecule has 0 bridgehead atoms. The van der Waals surface area contributed by atoms with Crippen molar-refractivity contribution in [3.05, 3.63) is 0 Å². The molecule has 2 N–H and O–H groups in total. The monoisotopic (exact) mass is 242 g/mol. The summed E-state index contributed by atoms with van der Waals surface area (Å²) in [6.07, 6.45) is 1.70. The molecule has 5 heteroatoms. The van der Waals surface area contributed by atoms with Crippen LogP contribution in [-0.2, 0) is 4.79 Å². The van der Waals surface area contributed by atoms with Crippen LogP contribution < -0.4 is 5.32 Å². The summed E-state index contributed by atoms with van der Waals surface area (Å²) in [6, 6.07) is 0.212. The molecule has 0 radical (unpaired) electrons. The lowest BCUT2D eigenvalue weighted by molar-refractivity contribution is -0.115. The van der Waals surface area contributed by atoms with Crippen molar-refractivity contribution in [2.24, 2.45) is 5.92 Å². The molecule has 5 nitrogen and oxygen atoms in total. The van der Waals surface area contributed by atoms with Gasteiger partial charge in [-0.2, -0.15) is 0 Å². The Kier molecular flexibility index (Phi) is 7.54. The van der Waals surface area contributed by atoms with Crippen LogP contribution in [0.3, 0.4) is 0 Å². The molecular formula is C12H26N4O. The van der Waals surface area contributed by atoms with Gasteiger partial charge in [0.25, 0.3) is 0 Å². The third-order valence-electron chi connectivity index (χ3n) is 2.41. The highest BCUT2D eigenvalue weighted by atomic mass is 16.1. The molecule has 0 heterocycles. The van der Waals surface area contributed by atoms with Crippen LogP contribution >= 0.6 is 0 Å². The highest BCUT2D eigenvalue weighted by Crippen LogP contribution is 2.03. The summed E-state index contributed by atoms with van der Waals surface area (Å²) in [4.78, 5) is 14.3. The van der Waals surface area contributed by atoms with E-state index < -0.39 is 0 Å². The second-order valence-corrected chi connectivity index (χ2v) is 5.13. The molecule has 0 aliphatic carbocycles. The molecule has 0 aliphatic heterocycles. The zero-order chi connectivity index (χ0) is 13.4. The maximum atomic E-state index is 10.9. The van der Waals surface area contributed by atoms with Gasteiger partial charge in [0.15, 0.2) is 5.96 Å². The third-order valence-corrected chi connectivity index (χ3v) is 2.41. The fourth-order valence-electron chi connectivity index (χ4n) is 1.61. The first-order valence-electron chi connectivity index (χ1n) is 6.08. The minimum absolute atomic E-state index is 0.190. The van der Waals surface area contributed by atoms with E-state index in [-0.39, 0.29) is 12.0 Å². The van der Waals surface area contributed by atoms with Gasteiger partial charge >= 0.3 is 0 Å². The molecule has 1 unspecified atom stereocenters. The number of guanidine groups is 1. The van der Waals surface area contributed by atoms with E-state index in [1.807, 2.05) is 25.9 Å². The van der Waals surface area contributed by atoms with E-state index in [0.717, 1.165) is 13.0 Å². The average Bonchev–Trinajstić information content (AvgIpc) is 2.16. The van der Waals surface area contributed by atoms with E-state index in [1.165, 1.54) is 4.90 Å². The number of nitrogens with zero attached hydrogens (tertiary/aromatic N) is 2. The number of carbonyl (C=O) groups excluding carboxylic acids is 1. The SMILES string of the molecule is CC(C)CC(C)NC(=N)N(C=O)CCN(C)C. The molecule has 0 fully saturated rings.